The molecule has 4 aromatic rings. The van der Waals surface area contributed by atoms with Crippen molar-refractivity contribution < 1.29 is 0 Å². The minimum Gasteiger partial charge on any atom is -0.365 e. The van der Waals surface area contributed by atoms with E-state index in [0.29, 0.717) is 6.54 Å². The molecule has 0 atom stereocenters. The maximum absolute atomic E-state index is 4.47. The fraction of sp³-hybridized carbons (Fsp3) is 0.125. The fourth-order valence-corrected chi connectivity index (χ4v) is 3.86. The smallest absolute Gasteiger partial charge is 0.176 e. The van der Waals surface area contributed by atoms with Gasteiger partial charge in [0, 0.05) is 24.5 Å². The molecule has 0 saturated heterocycles. The summed E-state index contributed by atoms with van der Waals surface area (Å²) in [6.45, 7) is 0.674. The molecule has 1 aromatic carbocycles. The first-order chi connectivity index (χ1) is 11.8. The number of thiazole rings is 1. The number of H-pyrrole nitrogens is 1. The number of anilines is 1. The highest BCUT2D eigenvalue weighted by atomic mass is 32.2. The van der Waals surface area contributed by atoms with Gasteiger partial charge in [-0.15, -0.1) is 11.3 Å². The van der Waals surface area contributed by atoms with Crippen LogP contribution in [0.2, 0.25) is 0 Å². The number of benzene rings is 1. The Balaban J connectivity index is 1.57. The second-order valence-corrected chi connectivity index (χ2v) is 7.10. The summed E-state index contributed by atoms with van der Waals surface area (Å²) < 4.78 is 1.98. The van der Waals surface area contributed by atoms with Crippen LogP contribution in [0.25, 0.3) is 21.7 Å². The molecule has 0 aliphatic heterocycles. The fourth-order valence-electron chi connectivity index (χ4n) is 2.39. The summed E-state index contributed by atoms with van der Waals surface area (Å²) in [5.41, 5.74) is 2.96. The maximum atomic E-state index is 4.47. The number of hydrogen-bond acceptors (Lipinski definition) is 7. The van der Waals surface area contributed by atoms with Gasteiger partial charge in [0.25, 0.3) is 0 Å². The molecule has 6 nitrogen and oxygen atoms in total. The molecule has 0 fully saturated rings. The van der Waals surface area contributed by atoms with Gasteiger partial charge in [-0.2, -0.15) is 0 Å². The van der Waals surface area contributed by atoms with Crippen molar-refractivity contribution in [1.82, 2.24) is 24.9 Å². The third-order valence-corrected chi connectivity index (χ3v) is 5.54. The van der Waals surface area contributed by atoms with E-state index in [-0.39, 0.29) is 0 Å². The third-order valence-electron chi connectivity index (χ3n) is 3.50. The van der Waals surface area contributed by atoms with Crippen LogP contribution in [0.5, 0.6) is 0 Å². The first kappa shape index (κ1) is 15.1. The Morgan fingerprint density at radius 2 is 2.21 bits per heavy atom. The van der Waals surface area contributed by atoms with Crippen LogP contribution >= 0.6 is 23.1 Å². The van der Waals surface area contributed by atoms with E-state index >= 15 is 0 Å². The molecule has 3 aromatic heterocycles. The van der Waals surface area contributed by atoms with Gasteiger partial charge in [0.1, 0.15) is 22.7 Å². The molecule has 0 amide bonds. The summed E-state index contributed by atoms with van der Waals surface area (Å²) in [6.07, 6.45) is 7.14. The Morgan fingerprint density at radius 1 is 1.25 bits per heavy atom. The average Bonchev–Trinajstić information content (AvgIpc) is 3.29. The molecule has 0 spiro atoms. The van der Waals surface area contributed by atoms with Crippen molar-refractivity contribution >= 4 is 39.3 Å². The molecule has 4 rings (SSSR count). The highest BCUT2D eigenvalue weighted by molar-refractivity contribution is 8.00. The summed E-state index contributed by atoms with van der Waals surface area (Å²) in [4.78, 5) is 20.5. The lowest BCUT2D eigenvalue weighted by molar-refractivity contribution is 1.10. The SMILES string of the molecule is CSc1nc2ncnc(NCc3cccc(-c4ncc[nH]4)c3)c2s1. The van der Waals surface area contributed by atoms with Crippen LogP contribution in [-0.4, -0.2) is 31.2 Å². The number of aromatic nitrogens is 5. The van der Waals surface area contributed by atoms with Crippen LogP contribution in [0.15, 0.2) is 47.3 Å². The van der Waals surface area contributed by atoms with Crippen LogP contribution in [0.3, 0.4) is 0 Å². The minimum atomic E-state index is 0.674. The summed E-state index contributed by atoms with van der Waals surface area (Å²) in [6, 6.07) is 8.27. The van der Waals surface area contributed by atoms with E-state index in [1.54, 1.807) is 35.6 Å². The second kappa shape index (κ2) is 6.58. The molecule has 0 unspecified atom stereocenters. The van der Waals surface area contributed by atoms with E-state index in [2.05, 4.69) is 42.4 Å². The predicted molar refractivity (Wildman–Crippen MR) is 98.3 cm³/mol. The van der Waals surface area contributed by atoms with Crippen molar-refractivity contribution in [1.29, 1.82) is 0 Å². The lowest BCUT2D eigenvalue weighted by Gasteiger charge is -2.07. The number of thioether (sulfide) groups is 1. The van der Waals surface area contributed by atoms with E-state index in [4.69, 9.17) is 0 Å². The predicted octanol–water partition coefficient (Wildman–Crippen LogP) is 3.81. The standard InChI is InChI=1S/C16H14N6S2/c1-23-16-22-15-12(24-16)14(20-9-21-15)19-8-10-3-2-4-11(7-10)13-17-5-6-18-13/h2-7,9H,8H2,1H3,(H,17,18)(H,19,20,21). The van der Waals surface area contributed by atoms with Gasteiger partial charge in [-0.25, -0.2) is 19.9 Å². The zero-order valence-electron chi connectivity index (χ0n) is 12.9. The Hall–Kier alpha value is -2.45. The van der Waals surface area contributed by atoms with Crippen molar-refractivity contribution in [3.05, 3.63) is 48.5 Å². The second-order valence-electron chi connectivity index (χ2n) is 5.05. The summed E-state index contributed by atoms with van der Waals surface area (Å²) in [5.74, 6) is 1.69. The molecule has 0 aliphatic carbocycles. The van der Waals surface area contributed by atoms with Gasteiger partial charge in [0.2, 0.25) is 0 Å². The van der Waals surface area contributed by atoms with Crippen LogP contribution in [-0.2, 0) is 6.54 Å². The van der Waals surface area contributed by atoms with Crippen molar-refractivity contribution in [2.45, 2.75) is 10.9 Å². The van der Waals surface area contributed by atoms with Gasteiger partial charge < -0.3 is 10.3 Å². The van der Waals surface area contributed by atoms with Gasteiger partial charge in [-0.3, -0.25) is 0 Å². The first-order valence-electron chi connectivity index (χ1n) is 7.31. The van der Waals surface area contributed by atoms with Crippen molar-refractivity contribution in [2.24, 2.45) is 0 Å². The average molecular weight is 354 g/mol. The summed E-state index contributed by atoms with van der Waals surface area (Å²) in [5, 5.41) is 3.39. The van der Waals surface area contributed by atoms with Gasteiger partial charge in [0.15, 0.2) is 9.99 Å². The lowest BCUT2D eigenvalue weighted by atomic mass is 10.1. The number of nitrogens with zero attached hydrogens (tertiary/aromatic N) is 4. The highest BCUT2D eigenvalue weighted by Crippen LogP contribution is 2.31. The largest absolute Gasteiger partial charge is 0.365 e. The summed E-state index contributed by atoms with van der Waals surface area (Å²) >= 11 is 3.23. The number of aromatic amines is 1. The third kappa shape index (κ3) is 2.98. The van der Waals surface area contributed by atoms with E-state index < -0.39 is 0 Å². The van der Waals surface area contributed by atoms with Crippen molar-refractivity contribution in [3.63, 3.8) is 0 Å². The zero-order chi connectivity index (χ0) is 16.4. The quantitative estimate of drug-likeness (QED) is 0.531. The monoisotopic (exact) mass is 354 g/mol. The molecular formula is C16H14N6S2. The first-order valence-corrected chi connectivity index (χ1v) is 9.35. The summed E-state index contributed by atoms with van der Waals surface area (Å²) in [7, 11) is 0. The maximum Gasteiger partial charge on any atom is 0.176 e. The van der Waals surface area contributed by atoms with Crippen LogP contribution in [0, 0.1) is 0 Å². The number of imidazole rings is 1. The number of rotatable bonds is 5. The molecule has 0 radical (unpaired) electrons. The molecule has 0 saturated carbocycles. The van der Waals surface area contributed by atoms with Gasteiger partial charge >= 0.3 is 0 Å². The van der Waals surface area contributed by atoms with Crippen molar-refractivity contribution in [2.75, 3.05) is 11.6 Å². The van der Waals surface area contributed by atoms with Gasteiger partial charge in [-0.05, 0) is 17.9 Å². The Bertz CT molecular complexity index is 964. The van der Waals surface area contributed by atoms with Crippen LogP contribution < -0.4 is 5.32 Å². The molecule has 0 bridgehead atoms. The Kier molecular flexibility index (Phi) is 4.14. The number of nitrogens with one attached hydrogen (secondary N) is 2. The molecule has 0 aliphatic rings. The molecule has 8 heteroatoms. The van der Waals surface area contributed by atoms with Gasteiger partial charge in [-0.1, -0.05) is 30.0 Å². The number of fused-ring (bicyclic) bond motifs is 1. The van der Waals surface area contributed by atoms with E-state index in [9.17, 15) is 0 Å². The number of hydrogen-bond donors (Lipinski definition) is 2. The lowest BCUT2D eigenvalue weighted by Crippen LogP contribution is -2.02. The molecule has 120 valence electrons. The molecule has 3 heterocycles. The molecule has 24 heavy (non-hydrogen) atoms. The van der Waals surface area contributed by atoms with Crippen LogP contribution in [0.1, 0.15) is 5.56 Å². The normalized spacial score (nSPS) is 11.0. The minimum absolute atomic E-state index is 0.674. The Morgan fingerprint density at radius 3 is 3.04 bits per heavy atom. The van der Waals surface area contributed by atoms with E-state index in [0.717, 1.165) is 37.5 Å². The Labute approximate surface area is 146 Å². The van der Waals surface area contributed by atoms with Crippen LogP contribution in [0.4, 0.5) is 5.82 Å². The topological polar surface area (TPSA) is 79.4 Å². The van der Waals surface area contributed by atoms with E-state index in [1.807, 2.05) is 24.6 Å². The molecular weight excluding hydrogens is 340 g/mol. The van der Waals surface area contributed by atoms with Gasteiger partial charge in [0.05, 0.1) is 0 Å². The molecule has 2 N–H and O–H groups in total. The zero-order valence-corrected chi connectivity index (χ0v) is 14.5. The van der Waals surface area contributed by atoms with Crippen molar-refractivity contribution in [3.8, 4) is 11.4 Å². The highest BCUT2D eigenvalue weighted by Gasteiger charge is 2.10. The van der Waals surface area contributed by atoms with E-state index in [1.165, 1.54) is 0 Å².